The second kappa shape index (κ2) is 6.46. The Morgan fingerprint density at radius 1 is 1.39 bits per heavy atom. The third-order valence-electron chi connectivity index (χ3n) is 3.89. The Labute approximate surface area is 138 Å². The number of hydrogen-bond acceptors (Lipinski definition) is 3. The summed E-state index contributed by atoms with van der Waals surface area (Å²) in [6.45, 7) is 3.12. The minimum absolute atomic E-state index is 0.00937. The van der Waals surface area contributed by atoms with Gasteiger partial charge >= 0.3 is 0 Å². The molecule has 1 amide bonds. The van der Waals surface area contributed by atoms with Gasteiger partial charge in [-0.2, -0.15) is 0 Å². The molecule has 1 aromatic carbocycles. The summed E-state index contributed by atoms with van der Waals surface area (Å²) in [4.78, 5) is 27.7. The average Bonchev–Trinajstić information content (AvgIpc) is 2.53. The molecule has 1 fully saturated rings. The topological polar surface area (TPSA) is 62.4 Å². The van der Waals surface area contributed by atoms with Crippen LogP contribution < -0.4 is 10.3 Å². The molecular formula is C17H17ClN2O3. The Bertz CT molecular complexity index is 781. The van der Waals surface area contributed by atoms with Crippen LogP contribution in [0.1, 0.15) is 22.8 Å². The molecule has 2 heterocycles. The van der Waals surface area contributed by atoms with Gasteiger partial charge < -0.3 is 14.6 Å². The van der Waals surface area contributed by atoms with Gasteiger partial charge in [0.1, 0.15) is 16.9 Å². The number of nitrogens with one attached hydrogen (secondary N) is 1. The zero-order chi connectivity index (χ0) is 16.4. The molecule has 0 unspecified atom stereocenters. The van der Waals surface area contributed by atoms with Crippen molar-refractivity contribution in [3.8, 4) is 5.75 Å². The molecule has 0 radical (unpaired) electrons. The first-order valence-corrected chi connectivity index (χ1v) is 7.88. The van der Waals surface area contributed by atoms with Crippen LogP contribution in [0.2, 0.25) is 5.02 Å². The number of likely N-dealkylation sites (tertiary alicyclic amines) is 1. The van der Waals surface area contributed by atoms with Gasteiger partial charge in [-0.1, -0.05) is 36.7 Å². The molecule has 1 N–H and O–H groups in total. The summed E-state index contributed by atoms with van der Waals surface area (Å²) in [5, 5.41) is 0.0149. The zero-order valence-electron chi connectivity index (χ0n) is 12.7. The third kappa shape index (κ3) is 3.24. The van der Waals surface area contributed by atoms with Gasteiger partial charge in [-0.3, -0.25) is 9.59 Å². The molecule has 120 valence electrons. The van der Waals surface area contributed by atoms with Gasteiger partial charge in [-0.25, -0.2) is 0 Å². The van der Waals surface area contributed by atoms with Gasteiger partial charge in [0.25, 0.3) is 11.5 Å². The molecule has 23 heavy (non-hydrogen) atoms. The first-order valence-electron chi connectivity index (χ1n) is 7.50. The van der Waals surface area contributed by atoms with Crippen LogP contribution in [0.4, 0.5) is 0 Å². The van der Waals surface area contributed by atoms with Crippen LogP contribution in [0.3, 0.4) is 0 Å². The van der Waals surface area contributed by atoms with Crippen LogP contribution in [0.15, 0.2) is 41.3 Å². The van der Waals surface area contributed by atoms with E-state index in [0.29, 0.717) is 18.7 Å². The highest BCUT2D eigenvalue weighted by atomic mass is 35.5. The molecule has 1 saturated heterocycles. The number of pyridine rings is 1. The fourth-order valence-electron chi connectivity index (χ4n) is 2.53. The number of para-hydroxylation sites is 1. The number of rotatable bonds is 4. The van der Waals surface area contributed by atoms with E-state index in [-0.39, 0.29) is 17.0 Å². The predicted octanol–water partition coefficient (Wildman–Crippen LogP) is 2.49. The number of ether oxygens (including phenoxy) is 1. The van der Waals surface area contributed by atoms with Crippen LogP contribution >= 0.6 is 11.6 Å². The van der Waals surface area contributed by atoms with Crippen LogP contribution in [0.25, 0.3) is 0 Å². The first kappa shape index (κ1) is 15.6. The van der Waals surface area contributed by atoms with Gasteiger partial charge in [0.15, 0.2) is 0 Å². The van der Waals surface area contributed by atoms with Crippen molar-refractivity contribution in [1.82, 2.24) is 9.88 Å². The molecule has 0 bridgehead atoms. The number of aromatic amines is 1. The molecule has 3 rings (SSSR count). The molecule has 2 aromatic rings. The molecule has 0 atom stereocenters. The quantitative estimate of drug-likeness (QED) is 0.935. The first-order chi connectivity index (χ1) is 11.1. The minimum Gasteiger partial charge on any atom is -0.486 e. The lowest BCUT2D eigenvalue weighted by Crippen LogP contribution is -2.56. The summed E-state index contributed by atoms with van der Waals surface area (Å²) in [5.41, 5.74) is 1.14. The summed E-state index contributed by atoms with van der Waals surface area (Å²) in [6.07, 6.45) is 2.28. The molecule has 5 nitrogen and oxygen atoms in total. The SMILES string of the molecule is CCc1ccccc1OC1CN(C(=O)c2c[nH]c(=O)c(Cl)c2)C1. The van der Waals surface area contributed by atoms with Gasteiger partial charge in [0.05, 0.1) is 18.7 Å². The van der Waals surface area contributed by atoms with Crippen molar-refractivity contribution < 1.29 is 9.53 Å². The number of aromatic nitrogens is 1. The van der Waals surface area contributed by atoms with E-state index in [2.05, 4.69) is 11.9 Å². The maximum atomic E-state index is 12.3. The standard InChI is InChI=1S/C17H17ClN2O3/c1-2-11-5-3-4-6-15(11)23-13-9-20(10-13)17(22)12-7-14(18)16(21)19-8-12/h3-8,13H,2,9-10H2,1H3,(H,19,21). The van der Waals surface area contributed by atoms with Crippen LogP contribution in [-0.4, -0.2) is 35.0 Å². The largest absolute Gasteiger partial charge is 0.486 e. The number of amides is 1. The smallest absolute Gasteiger partial charge is 0.266 e. The van der Waals surface area contributed by atoms with Crippen molar-refractivity contribution >= 4 is 17.5 Å². The Balaban J connectivity index is 1.61. The number of halogens is 1. The molecule has 0 aliphatic carbocycles. The summed E-state index contributed by atoms with van der Waals surface area (Å²) < 4.78 is 5.95. The summed E-state index contributed by atoms with van der Waals surface area (Å²) in [6, 6.07) is 9.31. The molecule has 1 aliphatic heterocycles. The summed E-state index contributed by atoms with van der Waals surface area (Å²) in [5.74, 6) is 0.714. The van der Waals surface area contributed by atoms with Crippen molar-refractivity contribution in [2.75, 3.05) is 13.1 Å². The minimum atomic E-state index is -0.399. The predicted molar refractivity (Wildman–Crippen MR) is 88.2 cm³/mol. The van der Waals surface area contributed by atoms with E-state index in [1.807, 2.05) is 24.3 Å². The molecule has 6 heteroatoms. The van der Waals surface area contributed by atoms with Crippen molar-refractivity contribution in [3.05, 3.63) is 63.0 Å². The van der Waals surface area contributed by atoms with E-state index in [0.717, 1.165) is 17.7 Å². The van der Waals surface area contributed by atoms with E-state index < -0.39 is 5.56 Å². The fraction of sp³-hybridized carbons (Fsp3) is 0.294. The van der Waals surface area contributed by atoms with Crippen LogP contribution in [0, 0.1) is 0 Å². The molecule has 0 saturated carbocycles. The van der Waals surface area contributed by atoms with Crippen LogP contribution in [0.5, 0.6) is 5.75 Å². The molecule has 0 spiro atoms. The van der Waals surface area contributed by atoms with E-state index in [4.69, 9.17) is 16.3 Å². The maximum Gasteiger partial charge on any atom is 0.266 e. The number of nitrogens with zero attached hydrogens (tertiary/aromatic N) is 1. The van der Waals surface area contributed by atoms with Gasteiger partial charge in [-0.15, -0.1) is 0 Å². The zero-order valence-corrected chi connectivity index (χ0v) is 13.5. The van der Waals surface area contributed by atoms with E-state index in [1.165, 1.54) is 12.3 Å². The molecule has 1 aliphatic rings. The average molecular weight is 333 g/mol. The highest BCUT2D eigenvalue weighted by Gasteiger charge is 2.33. The number of aryl methyl sites for hydroxylation is 1. The van der Waals surface area contributed by atoms with Crippen molar-refractivity contribution in [2.24, 2.45) is 0 Å². The van der Waals surface area contributed by atoms with E-state index in [1.54, 1.807) is 4.90 Å². The van der Waals surface area contributed by atoms with Gasteiger partial charge in [-0.05, 0) is 24.1 Å². The molecule has 1 aromatic heterocycles. The Kier molecular flexibility index (Phi) is 4.39. The Morgan fingerprint density at radius 2 is 2.13 bits per heavy atom. The number of carbonyl (C=O) groups is 1. The lowest BCUT2D eigenvalue weighted by molar-refractivity contribution is 0.0174. The maximum absolute atomic E-state index is 12.3. The number of carbonyl (C=O) groups excluding carboxylic acids is 1. The number of hydrogen-bond donors (Lipinski definition) is 1. The Morgan fingerprint density at radius 3 is 2.83 bits per heavy atom. The number of benzene rings is 1. The monoisotopic (exact) mass is 332 g/mol. The van der Waals surface area contributed by atoms with Crippen molar-refractivity contribution in [3.63, 3.8) is 0 Å². The third-order valence-corrected chi connectivity index (χ3v) is 4.17. The second-order valence-electron chi connectivity index (χ2n) is 5.48. The molecular weight excluding hydrogens is 316 g/mol. The highest BCUT2D eigenvalue weighted by Crippen LogP contribution is 2.24. The van der Waals surface area contributed by atoms with Crippen molar-refractivity contribution in [2.45, 2.75) is 19.4 Å². The number of H-pyrrole nitrogens is 1. The van der Waals surface area contributed by atoms with Gasteiger partial charge in [0.2, 0.25) is 0 Å². The lowest BCUT2D eigenvalue weighted by Gasteiger charge is -2.39. The van der Waals surface area contributed by atoms with Crippen molar-refractivity contribution in [1.29, 1.82) is 0 Å². The lowest BCUT2D eigenvalue weighted by atomic mass is 10.1. The fourth-order valence-corrected chi connectivity index (χ4v) is 2.70. The van der Waals surface area contributed by atoms with E-state index in [9.17, 15) is 9.59 Å². The van der Waals surface area contributed by atoms with E-state index >= 15 is 0 Å². The normalized spacial score (nSPS) is 14.4. The summed E-state index contributed by atoms with van der Waals surface area (Å²) in [7, 11) is 0. The highest BCUT2D eigenvalue weighted by molar-refractivity contribution is 6.30. The second-order valence-corrected chi connectivity index (χ2v) is 5.88. The Hall–Kier alpha value is -2.27. The van der Waals surface area contributed by atoms with Crippen LogP contribution in [-0.2, 0) is 6.42 Å². The summed E-state index contributed by atoms with van der Waals surface area (Å²) >= 11 is 5.75. The van der Waals surface area contributed by atoms with Gasteiger partial charge in [0, 0.05) is 6.20 Å².